The van der Waals surface area contributed by atoms with Crippen LogP contribution in [0.15, 0.2) is 35.5 Å². The second kappa shape index (κ2) is 12.1. The monoisotopic (exact) mass is 487 g/mol. The van der Waals surface area contributed by atoms with Gasteiger partial charge in [0.1, 0.15) is 0 Å². The Labute approximate surface area is 178 Å². The molecule has 26 heavy (non-hydrogen) atoms. The molecule has 1 heterocycles. The molecule has 5 nitrogen and oxygen atoms in total. The summed E-state index contributed by atoms with van der Waals surface area (Å²) < 4.78 is 0. The van der Waals surface area contributed by atoms with Gasteiger partial charge in [-0.2, -0.15) is 0 Å². The first-order valence-electron chi connectivity index (χ1n) is 8.84. The number of hydrogen-bond donors (Lipinski definition) is 2. The highest BCUT2D eigenvalue weighted by Crippen LogP contribution is 2.14. The number of rotatable bonds is 8. The van der Waals surface area contributed by atoms with E-state index >= 15 is 0 Å². The number of halogens is 1. The van der Waals surface area contributed by atoms with Crippen molar-refractivity contribution in [3.05, 3.63) is 45.9 Å². The van der Waals surface area contributed by atoms with Gasteiger partial charge in [-0.25, -0.2) is 9.98 Å². The largest absolute Gasteiger partial charge is 0.378 e. The van der Waals surface area contributed by atoms with Crippen LogP contribution in [0, 0.1) is 0 Å². The third-order valence-corrected chi connectivity index (χ3v) is 5.00. The van der Waals surface area contributed by atoms with Crippen LogP contribution in [0.1, 0.15) is 29.3 Å². The molecule has 0 aliphatic heterocycles. The van der Waals surface area contributed by atoms with Crippen LogP contribution in [0.25, 0.3) is 0 Å². The van der Waals surface area contributed by atoms with E-state index in [2.05, 4.69) is 63.6 Å². The molecule has 144 valence electrons. The van der Waals surface area contributed by atoms with E-state index in [1.807, 2.05) is 20.3 Å². The average molecular weight is 487 g/mol. The molecule has 2 N–H and O–H groups in total. The summed E-state index contributed by atoms with van der Waals surface area (Å²) in [6.45, 7) is 6.60. The number of guanidine groups is 1. The molecule has 0 spiro atoms. The van der Waals surface area contributed by atoms with Crippen molar-refractivity contribution in [3.63, 3.8) is 0 Å². The van der Waals surface area contributed by atoms with Crippen molar-refractivity contribution in [2.75, 3.05) is 32.1 Å². The summed E-state index contributed by atoms with van der Waals surface area (Å²) in [7, 11) is 4.10. The van der Waals surface area contributed by atoms with Crippen LogP contribution < -0.4 is 15.5 Å². The maximum atomic E-state index is 4.67. The first kappa shape index (κ1) is 22.7. The van der Waals surface area contributed by atoms with Gasteiger partial charge in [-0.3, -0.25) is 0 Å². The fraction of sp³-hybridized carbons (Fsp3) is 0.474. The minimum absolute atomic E-state index is 0. The van der Waals surface area contributed by atoms with Crippen molar-refractivity contribution < 1.29 is 0 Å². The molecule has 0 saturated heterocycles. The molecule has 1 aromatic heterocycles. The Morgan fingerprint density at radius 3 is 2.46 bits per heavy atom. The van der Waals surface area contributed by atoms with Crippen LogP contribution in [-0.4, -0.2) is 38.1 Å². The molecular formula is C19H30IN5S. The van der Waals surface area contributed by atoms with Gasteiger partial charge in [-0.05, 0) is 31.0 Å². The van der Waals surface area contributed by atoms with Gasteiger partial charge in [0.15, 0.2) is 5.96 Å². The molecule has 0 aliphatic carbocycles. The molecule has 0 unspecified atom stereocenters. The van der Waals surface area contributed by atoms with Gasteiger partial charge >= 0.3 is 0 Å². The lowest BCUT2D eigenvalue weighted by atomic mass is 10.2. The summed E-state index contributed by atoms with van der Waals surface area (Å²) in [5.74, 6) is 0.853. The number of hydrogen-bond acceptors (Lipinski definition) is 4. The number of nitrogens with one attached hydrogen (secondary N) is 2. The highest BCUT2D eigenvalue weighted by atomic mass is 127. The van der Waals surface area contributed by atoms with Crippen LogP contribution >= 0.6 is 35.3 Å². The van der Waals surface area contributed by atoms with Crippen LogP contribution in [0.3, 0.4) is 0 Å². The number of anilines is 1. The molecule has 0 radical (unpaired) electrons. The summed E-state index contributed by atoms with van der Waals surface area (Å²) in [6, 6.07) is 8.51. The lowest BCUT2D eigenvalue weighted by molar-refractivity contribution is 0.796. The summed E-state index contributed by atoms with van der Waals surface area (Å²) in [5.41, 5.74) is 2.41. The van der Waals surface area contributed by atoms with Crippen LogP contribution in [0.2, 0.25) is 0 Å². The number of aromatic nitrogens is 1. The van der Waals surface area contributed by atoms with Crippen molar-refractivity contribution in [1.29, 1.82) is 0 Å². The number of nitrogens with zero attached hydrogens (tertiary/aromatic N) is 3. The molecule has 0 amide bonds. The SMILES string of the molecule is CCNC(=NCc1ccc(N(C)C)cc1)NCCc1ncc(CC)s1.I. The van der Waals surface area contributed by atoms with Gasteiger partial charge in [-0.1, -0.05) is 19.1 Å². The van der Waals surface area contributed by atoms with E-state index in [9.17, 15) is 0 Å². The van der Waals surface area contributed by atoms with Crippen LogP contribution in [-0.2, 0) is 19.4 Å². The molecule has 2 aromatic rings. The maximum Gasteiger partial charge on any atom is 0.191 e. The molecule has 0 aliphatic rings. The predicted octanol–water partition coefficient (Wildman–Crippen LogP) is 3.69. The van der Waals surface area contributed by atoms with Gasteiger partial charge in [-0.15, -0.1) is 35.3 Å². The van der Waals surface area contributed by atoms with Crippen molar-refractivity contribution in [2.45, 2.75) is 33.2 Å². The van der Waals surface area contributed by atoms with E-state index in [4.69, 9.17) is 0 Å². The zero-order valence-corrected chi connectivity index (χ0v) is 19.2. The first-order chi connectivity index (χ1) is 12.1. The van der Waals surface area contributed by atoms with E-state index in [1.54, 1.807) is 11.3 Å². The molecule has 0 saturated carbocycles. The molecule has 1 aromatic carbocycles. The Bertz CT molecular complexity index is 667. The molecule has 0 atom stereocenters. The second-order valence-corrected chi connectivity index (χ2v) is 7.21. The van der Waals surface area contributed by atoms with Crippen molar-refractivity contribution >= 4 is 47.0 Å². The smallest absolute Gasteiger partial charge is 0.191 e. The summed E-state index contributed by atoms with van der Waals surface area (Å²) in [5, 5.41) is 7.87. The quantitative estimate of drug-likeness (QED) is 0.339. The number of thiazole rings is 1. The van der Waals surface area contributed by atoms with E-state index < -0.39 is 0 Å². The zero-order valence-electron chi connectivity index (χ0n) is 16.1. The lowest BCUT2D eigenvalue weighted by Gasteiger charge is -2.13. The fourth-order valence-electron chi connectivity index (χ4n) is 2.33. The Morgan fingerprint density at radius 2 is 1.88 bits per heavy atom. The molecular weight excluding hydrogens is 457 g/mol. The third kappa shape index (κ3) is 7.49. The number of benzene rings is 1. The second-order valence-electron chi connectivity index (χ2n) is 6.01. The van der Waals surface area contributed by atoms with Crippen LogP contribution in [0.5, 0.6) is 0 Å². The highest BCUT2D eigenvalue weighted by Gasteiger charge is 2.02. The Kier molecular flexibility index (Phi) is 10.6. The number of aryl methyl sites for hydroxylation is 1. The van der Waals surface area contributed by atoms with E-state index in [0.29, 0.717) is 6.54 Å². The topological polar surface area (TPSA) is 52.6 Å². The number of aliphatic imine (C=N–C) groups is 1. The van der Waals surface area contributed by atoms with Gasteiger partial charge in [0.2, 0.25) is 0 Å². The Morgan fingerprint density at radius 1 is 1.15 bits per heavy atom. The molecule has 0 fully saturated rings. The van der Waals surface area contributed by atoms with Crippen LogP contribution in [0.4, 0.5) is 5.69 Å². The van der Waals surface area contributed by atoms with E-state index in [-0.39, 0.29) is 24.0 Å². The minimum atomic E-state index is 0. The standard InChI is InChI=1S/C19H29N5S.HI/c1-5-17-14-22-18(25-17)11-12-21-19(20-6-2)23-13-15-7-9-16(10-8-15)24(3)4;/h7-10,14H,5-6,11-13H2,1-4H3,(H2,20,21,23);1H. The van der Waals surface area contributed by atoms with Gasteiger partial charge in [0, 0.05) is 50.4 Å². The van der Waals surface area contributed by atoms with Gasteiger partial charge in [0.25, 0.3) is 0 Å². The first-order valence-corrected chi connectivity index (χ1v) is 9.66. The maximum absolute atomic E-state index is 4.67. The molecule has 2 rings (SSSR count). The van der Waals surface area contributed by atoms with Crippen molar-refractivity contribution in [3.8, 4) is 0 Å². The Balaban J connectivity index is 0.00000338. The predicted molar refractivity (Wildman–Crippen MR) is 124 cm³/mol. The zero-order chi connectivity index (χ0) is 18.1. The normalized spacial score (nSPS) is 11.0. The van der Waals surface area contributed by atoms with Crippen molar-refractivity contribution in [1.82, 2.24) is 15.6 Å². The third-order valence-electron chi connectivity index (χ3n) is 3.80. The van der Waals surface area contributed by atoms with Crippen molar-refractivity contribution in [2.24, 2.45) is 4.99 Å². The van der Waals surface area contributed by atoms with Gasteiger partial charge in [0.05, 0.1) is 11.6 Å². The molecule has 7 heteroatoms. The highest BCUT2D eigenvalue weighted by molar-refractivity contribution is 14.0. The molecule has 0 bridgehead atoms. The summed E-state index contributed by atoms with van der Waals surface area (Å²) >= 11 is 1.80. The Hall–Kier alpha value is -1.35. The average Bonchev–Trinajstić information content (AvgIpc) is 3.08. The van der Waals surface area contributed by atoms with Gasteiger partial charge < -0.3 is 15.5 Å². The van der Waals surface area contributed by atoms with E-state index in [0.717, 1.165) is 31.9 Å². The minimum Gasteiger partial charge on any atom is -0.378 e. The fourth-order valence-corrected chi connectivity index (χ4v) is 3.19. The summed E-state index contributed by atoms with van der Waals surface area (Å²) in [6.07, 6.45) is 3.96. The van der Waals surface area contributed by atoms with E-state index in [1.165, 1.54) is 21.1 Å². The summed E-state index contributed by atoms with van der Waals surface area (Å²) in [4.78, 5) is 12.6. The lowest BCUT2D eigenvalue weighted by Crippen LogP contribution is -2.38.